The van der Waals surface area contributed by atoms with Gasteiger partial charge in [-0.25, -0.2) is 0 Å². The minimum Gasteiger partial charge on any atom is -0.497 e. The Morgan fingerprint density at radius 3 is 2.79 bits per heavy atom. The number of methoxy groups -OCH3 is 1. The molecular formula is C20H29N3O5. The van der Waals surface area contributed by atoms with E-state index in [2.05, 4.69) is 12.2 Å². The van der Waals surface area contributed by atoms with Gasteiger partial charge >= 0.3 is 0 Å². The predicted molar refractivity (Wildman–Crippen MR) is 105 cm³/mol. The van der Waals surface area contributed by atoms with Gasteiger partial charge in [-0.3, -0.25) is 19.7 Å². The van der Waals surface area contributed by atoms with E-state index in [1.165, 1.54) is 30.2 Å². The molecule has 2 rings (SSSR count). The lowest BCUT2D eigenvalue weighted by Crippen LogP contribution is -2.45. The molecule has 1 aliphatic rings. The number of benzene rings is 1. The molecule has 8 nitrogen and oxygen atoms in total. The number of likely N-dealkylation sites (tertiary alicyclic amines) is 1. The van der Waals surface area contributed by atoms with Crippen LogP contribution in [-0.2, 0) is 4.79 Å². The fraction of sp³-hybridized carbons (Fsp3) is 0.600. The Balaban J connectivity index is 2.02. The second-order valence-electron chi connectivity index (χ2n) is 7.08. The van der Waals surface area contributed by atoms with Gasteiger partial charge in [-0.2, -0.15) is 0 Å². The first-order valence-electron chi connectivity index (χ1n) is 9.87. The van der Waals surface area contributed by atoms with E-state index < -0.39 is 10.8 Å². The van der Waals surface area contributed by atoms with Crippen molar-refractivity contribution >= 4 is 17.5 Å². The summed E-state index contributed by atoms with van der Waals surface area (Å²) in [7, 11) is 1.44. The number of nitro benzene ring substituents is 1. The number of rotatable bonds is 9. The van der Waals surface area contributed by atoms with Crippen molar-refractivity contribution in [3.63, 3.8) is 0 Å². The van der Waals surface area contributed by atoms with Gasteiger partial charge in [0.15, 0.2) is 0 Å². The predicted octanol–water partition coefficient (Wildman–Crippen LogP) is 3.15. The molecule has 1 saturated heterocycles. The first-order chi connectivity index (χ1) is 13.5. The monoisotopic (exact) mass is 391 g/mol. The number of ether oxygens (including phenoxy) is 1. The van der Waals surface area contributed by atoms with E-state index in [9.17, 15) is 19.7 Å². The molecule has 0 aromatic heterocycles. The summed E-state index contributed by atoms with van der Waals surface area (Å²) < 4.78 is 5.10. The van der Waals surface area contributed by atoms with Crippen molar-refractivity contribution in [2.75, 3.05) is 26.7 Å². The van der Waals surface area contributed by atoms with Crippen molar-refractivity contribution in [2.45, 2.75) is 45.4 Å². The van der Waals surface area contributed by atoms with Crippen LogP contribution in [0.4, 0.5) is 5.69 Å². The number of piperidine rings is 1. The summed E-state index contributed by atoms with van der Waals surface area (Å²) >= 11 is 0. The molecule has 1 fully saturated rings. The second-order valence-corrected chi connectivity index (χ2v) is 7.08. The maximum absolute atomic E-state index is 12.9. The number of amides is 2. The normalized spacial score (nSPS) is 16.5. The van der Waals surface area contributed by atoms with Crippen LogP contribution in [-0.4, -0.2) is 48.4 Å². The van der Waals surface area contributed by atoms with Crippen LogP contribution in [0.1, 0.15) is 55.8 Å². The molecule has 8 heteroatoms. The summed E-state index contributed by atoms with van der Waals surface area (Å²) in [5, 5.41) is 14.3. The SMILES string of the molecule is CCCCCCNC(=O)C1CCCN(C(=O)c2cc(OC)ccc2[N+](=O)[O-])C1. The van der Waals surface area contributed by atoms with Crippen LogP contribution in [0.2, 0.25) is 0 Å². The molecule has 0 radical (unpaired) electrons. The van der Waals surface area contributed by atoms with Crippen LogP contribution in [0.5, 0.6) is 5.75 Å². The Hall–Kier alpha value is -2.64. The largest absolute Gasteiger partial charge is 0.497 e. The van der Waals surface area contributed by atoms with Crippen molar-refractivity contribution in [3.8, 4) is 5.75 Å². The summed E-state index contributed by atoms with van der Waals surface area (Å²) in [6, 6.07) is 4.12. The van der Waals surface area contributed by atoms with Gasteiger partial charge in [0, 0.05) is 25.7 Å². The number of unbranched alkanes of at least 4 members (excludes halogenated alkanes) is 3. The zero-order valence-electron chi connectivity index (χ0n) is 16.6. The van der Waals surface area contributed by atoms with E-state index in [4.69, 9.17) is 4.74 Å². The highest BCUT2D eigenvalue weighted by Gasteiger charge is 2.31. The standard InChI is InChI=1S/C20H29N3O5/c1-3-4-5-6-11-21-19(24)15-8-7-12-22(14-15)20(25)17-13-16(28-2)9-10-18(17)23(26)27/h9-10,13,15H,3-8,11-12,14H2,1-2H3,(H,21,24). The molecule has 0 bridgehead atoms. The third kappa shape index (κ3) is 5.68. The lowest BCUT2D eigenvalue weighted by atomic mass is 9.96. The smallest absolute Gasteiger partial charge is 0.282 e. The third-order valence-corrected chi connectivity index (χ3v) is 5.04. The van der Waals surface area contributed by atoms with Crippen molar-refractivity contribution in [3.05, 3.63) is 33.9 Å². The second kappa shape index (κ2) is 10.6. The van der Waals surface area contributed by atoms with Crippen molar-refractivity contribution in [2.24, 2.45) is 5.92 Å². The molecule has 0 aliphatic carbocycles. The summed E-state index contributed by atoms with van der Waals surface area (Å²) in [4.78, 5) is 37.6. The maximum atomic E-state index is 12.9. The molecule has 1 heterocycles. The average molecular weight is 391 g/mol. The molecule has 1 aliphatic heterocycles. The fourth-order valence-electron chi connectivity index (χ4n) is 3.43. The van der Waals surface area contributed by atoms with Gasteiger partial charge in [-0.1, -0.05) is 26.2 Å². The lowest BCUT2D eigenvalue weighted by Gasteiger charge is -2.32. The minimum atomic E-state index is -0.572. The van der Waals surface area contributed by atoms with E-state index >= 15 is 0 Å². The van der Waals surface area contributed by atoms with Crippen molar-refractivity contribution in [1.29, 1.82) is 0 Å². The third-order valence-electron chi connectivity index (χ3n) is 5.04. The number of carbonyl (C=O) groups is 2. The van der Waals surface area contributed by atoms with Gasteiger partial charge in [-0.15, -0.1) is 0 Å². The first-order valence-corrected chi connectivity index (χ1v) is 9.87. The highest BCUT2D eigenvalue weighted by Crippen LogP contribution is 2.27. The molecule has 1 unspecified atom stereocenters. The summed E-state index contributed by atoms with van der Waals surface area (Å²) in [5.74, 6) is -0.388. The summed E-state index contributed by atoms with van der Waals surface area (Å²) in [6.45, 7) is 3.53. The van der Waals surface area contributed by atoms with E-state index in [0.29, 0.717) is 31.7 Å². The van der Waals surface area contributed by atoms with E-state index in [1.54, 1.807) is 0 Å². The molecule has 1 N–H and O–H groups in total. The van der Waals surface area contributed by atoms with Gasteiger partial charge in [0.1, 0.15) is 11.3 Å². The molecule has 154 valence electrons. The zero-order chi connectivity index (χ0) is 20.5. The first kappa shape index (κ1) is 21.7. The zero-order valence-corrected chi connectivity index (χ0v) is 16.6. The Labute approximate surface area is 165 Å². The van der Waals surface area contributed by atoms with E-state index in [0.717, 1.165) is 25.7 Å². The minimum absolute atomic E-state index is 0.00928. The Morgan fingerprint density at radius 1 is 1.32 bits per heavy atom. The molecule has 1 aromatic carbocycles. The Kier molecular flexibility index (Phi) is 8.22. The van der Waals surface area contributed by atoms with Crippen LogP contribution in [0.15, 0.2) is 18.2 Å². The highest BCUT2D eigenvalue weighted by atomic mass is 16.6. The maximum Gasteiger partial charge on any atom is 0.282 e. The lowest BCUT2D eigenvalue weighted by molar-refractivity contribution is -0.385. The average Bonchev–Trinajstić information content (AvgIpc) is 2.72. The highest BCUT2D eigenvalue weighted by molar-refractivity contribution is 5.99. The van der Waals surface area contributed by atoms with Gasteiger partial charge < -0.3 is 15.0 Å². The Morgan fingerprint density at radius 2 is 2.11 bits per heavy atom. The van der Waals surface area contributed by atoms with Gasteiger partial charge in [0.05, 0.1) is 18.0 Å². The summed E-state index contributed by atoms with van der Waals surface area (Å²) in [6.07, 6.45) is 5.74. The van der Waals surface area contributed by atoms with E-state index in [1.807, 2.05) is 0 Å². The number of hydrogen-bond acceptors (Lipinski definition) is 5. The Bertz CT molecular complexity index is 707. The summed E-state index contributed by atoms with van der Waals surface area (Å²) in [5.41, 5.74) is -0.265. The number of hydrogen-bond donors (Lipinski definition) is 1. The van der Waals surface area contributed by atoms with Gasteiger partial charge in [0.2, 0.25) is 5.91 Å². The molecule has 1 aromatic rings. The number of nitrogens with zero attached hydrogens (tertiary/aromatic N) is 2. The van der Waals surface area contributed by atoms with E-state index in [-0.39, 0.29) is 29.6 Å². The molecule has 1 atom stereocenters. The molecule has 28 heavy (non-hydrogen) atoms. The van der Waals surface area contributed by atoms with Crippen molar-refractivity contribution < 1.29 is 19.2 Å². The quantitative estimate of drug-likeness (QED) is 0.396. The number of nitro groups is 1. The van der Waals surface area contributed by atoms with Crippen LogP contribution >= 0.6 is 0 Å². The molecule has 2 amide bonds. The molecule has 0 spiro atoms. The molecular weight excluding hydrogens is 362 g/mol. The van der Waals surface area contributed by atoms with Crippen LogP contribution < -0.4 is 10.1 Å². The van der Waals surface area contributed by atoms with Crippen molar-refractivity contribution in [1.82, 2.24) is 10.2 Å². The number of nitrogens with one attached hydrogen (secondary N) is 1. The topological polar surface area (TPSA) is 102 Å². The van der Waals surface area contributed by atoms with Gasteiger partial charge in [-0.05, 0) is 31.4 Å². The number of carbonyl (C=O) groups excluding carboxylic acids is 2. The molecule has 0 saturated carbocycles. The van der Waals surface area contributed by atoms with Crippen LogP contribution in [0, 0.1) is 16.0 Å². The van der Waals surface area contributed by atoms with Crippen LogP contribution in [0.25, 0.3) is 0 Å². The fourth-order valence-corrected chi connectivity index (χ4v) is 3.43. The van der Waals surface area contributed by atoms with Gasteiger partial charge in [0.25, 0.3) is 11.6 Å². The van der Waals surface area contributed by atoms with Crippen LogP contribution in [0.3, 0.4) is 0 Å².